The van der Waals surface area contributed by atoms with E-state index in [9.17, 15) is 9.59 Å². The number of ether oxygens (including phenoxy) is 1. The summed E-state index contributed by atoms with van der Waals surface area (Å²) in [5, 5.41) is 8.87. The normalized spacial score (nSPS) is 11.0. The number of nitrogens with zero attached hydrogens (tertiary/aromatic N) is 1. The Bertz CT molecular complexity index is 1280. The van der Waals surface area contributed by atoms with Crippen LogP contribution in [0.5, 0.6) is 5.75 Å². The van der Waals surface area contributed by atoms with Gasteiger partial charge in [-0.25, -0.2) is 5.43 Å². The maximum absolute atomic E-state index is 13.1. The zero-order chi connectivity index (χ0) is 24.5. The number of hydrogen-bond acceptors (Lipinski definition) is 4. The molecular weight excluding hydrogens is 438 g/mol. The van der Waals surface area contributed by atoms with E-state index in [-0.39, 0.29) is 12.5 Å². The van der Waals surface area contributed by atoms with Gasteiger partial charge in [-0.15, -0.1) is 0 Å². The number of amides is 2. The summed E-state index contributed by atoms with van der Waals surface area (Å²) < 4.78 is 5.73. The van der Waals surface area contributed by atoms with Crippen molar-refractivity contribution < 1.29 is 14.3 Å². The van der Waals surface area contributed by atoms with E-state index < -0.39 is 11.8 Å². The second-order valence-corrected chi connectivity index (χ2v) is 7.90. The van der Waals surface area contributed by atoms with Gasteiger partial charge in [0.2, 0.25) is 5.91 Å². The smallest absolute Gasteiger partial charge is 0.259 e. The van der Waals surface area contributed by atoms with Crippen molar-refractivity contribution in [2.75, 3.05) is 13.2 Å². The second-order valence-electron chi connectivity index (χ2n) is 7.90. The molecule has 0 spiro atoms. The highest BCUT2D eigenvalue weighted by molar-refractivity contribution is 6.02. The Hall–Kier alpha value is -4.45. The minimum Gasteiger partial charge on any atom is -0.493 e. The molecule has 6 heteroatoms. The number of fused-ring (bicyclic) bond motifs is 1. The fraction of sp³-hybridized carbons (Fsp3) is 0.138. The highest BCUT2D eigenvalue weighted by Gasteiger charge is 2.22. The minimum absolute atomic E-state index is 0.194. The lowest BCUT2D eigenvalue weighted by Gasteiger charge is -2.17. The topological polar surface area (TPSA) is 79.8 Å². The van der Waals surface area contributed by atoms with Crippen molar-refractivity contribution in [2.45, 2.75) is 12.8 Å². The number of hydrazone groups is 1. The maximum atomic E-state index is 13.1. The highest BCUT2D eigenvalue weighted by atomic mass is 16.5. The van der Waals surface area contributed by atoms with Crippen molar-refractivity contribution in [3.05, 3.63) is 114 Å². The van der Waals surface area contributed by atoms with E-state index in [1.807, 2.05) is 104 Å². The Labute approximate surface area is 204 Å². The lowest BCUT2D eigenvalue weighted by molar-refractivity contribution is -0.126. The number of carbonyl (C=O) groups is 2. The summed E-state index contributed by atoms with van der Waals surface area (Å²) in [6, 6.07) is 30.8. The van der Waals surface area contributed by atoms with Crippen molar-refractivity contribution in [2.24, 2.45) is 5.10 Å². The monoisotopic (exact) mass is 465 g/mol. The van der Waals surface area contributed by atoms with E-state index in [1.165, 1.54) is 0 Å². The molecule has 0 aliphatic rings. The number of nitrogens with one attached hydrogen (secondary N) is 2. The predicted octanol–water partition coefficient (Wildman–Crippen LogP) is 4.64. The lowest BCUT2D eigenvalue weighted by atomic mass is 9.90. The molecule has 4 aromatic carbocycles. The van der Waals surface area contributed by atoms with Gasteiger partial charge in [-0.05, 0) is 34.9 Å². The molecule has 4 aromatic rings. The van der Waals surface area contributed by atoms with Crippen molar-refractivity contribution >= 4 is 28.8 Å². The average Bonchev–Trinajstić information content (AvgIpc) is 2.90. The molecule has 0 aliphatic heterocycles. The molecule has 4 rings (SSSR count). The van der Waals surface area contributed by atoms with Crippen LogP contribution < -0.4 is 15.5 Å². The molecule has 2 amide bonds. The van der Waals surface area contributed by atoms with Crippen molar-refractivity contribution in [1.29, 1.82) is 0 Å². The molecule has 0 radical (unpaired) electrons. The molecule has 0 saturated carbocycles. The molecule has 35 heavy (non-hydrogen) atoms. The summed E-state index contributed by atoms with van der Waals surface area (Å²) in [4.78, 5) is 25.5. The van der Waals surface area contributed by atoms with Gasteiger partial charge in [-0.3, -0.25) is 9.59 Å². The third-order valence-corrected chi connectivity index (χ3v) is 5.56. The van der Waals surface area contributed by atoms with Gasteiger partial charge in [0.25, 0.3) is 5.91 Å². The van der Waals surface area contributed by atoms with Gasteiger partial charge in [0, 0.05) is 5.56 Å². The van der Waals surface area contributed by atoms with Crippen LogP contribution in [0.4, 0.5) is 0 Å². The van der Waals surface area contributed by atoms with Gasteiger partial charge < -0.3 is 10.1 Å². The molecule has 0 heterocycles. The SMILES string of the molecule is CCOc1ccc2ccccc2c1/C=N/NC(=O)CNC(=O)C(c1ccccc1)c1ccccc1. The third kappa shape index (κ3) is 5.92. The van der Waals surface area contributed by atoms with Gasteiger partial charge in [0.05, 0.1) is 25.3 Å². The summed E-state index contributed by atoms with van der Waals surface area (Å²) >= 11 is 0. The van der Waals surface area contributed by atoms with Crippen LogP contribution in [0.3, 0.4) is 0 Å². The van der Waals surface area contributed by atoms with Crippen LogP contribution in [0, 0.1) is 0 Å². The number of carbonyl (C=O) groups excluding carboxylic acids is 2. The van der Waals surface area contributed by atoms with Crippen LogP contribution in [-0.2, 0) is 9.59 Å². The standard InChI is InChI=1S/C29H27N3O3/c1-2-35-26-18-17-21-11-9-10-16-24(21)25(26)19-31-32-27(33)20-30-29(34)28(22-12-5-3-6-13-22)23-14-7-4-8-15-23/h3-19,28H,2,20H2,1H3,(H,30,34)(H,32,33)/b31-19+. The van der Waals surface area contributed by atoms with Crippen LogP contribution in [0.25, 0.3) is 10.8 Å². The Morgan fingerprint density at radius 3 is 2.14 bits per heavy atom. The Kier molecular flexibility index (Phi) is 7.86. The largest absolute Gasteiger partial charge is 0.493 e. The first kappa shape index (κ1) is 23.7. The first-order chi connectivity index (χ1) is 17.2. The van der Waals surface area contributed by atoms with Gasteiger partial charge >= 0.3 is 0 Å². The molecule has 2 N–H and O–H groups in total. The van der Waals surface area contributed by atoms with Crippen molar-refractivity contribution in [3.63, 3.8) is 0 Å². The number of benzene rings is 4. The van der Waals surface area contributed by atoms with E-state index in [4.69, 9.17) is 4.74 Å². The summed E-state index contributed by atoms with van der Waals surface area (Å²) in [6.07, 6.45) is 1.57. The second kappa shape index (κ2) is 11.6. The molecular formula is C29H27N3O3. The van der Waals surface area contributed by atoms with Gasteiger partial charge in [0.15, 0.2) is 0 Å². The van der Waals surface area contributed by atoms with E-state index in [2.05, 4.69) is 15.8 Å². The van der Waals surface area contributed by atoms with Crippen molar-refractivity contribution in [3.8, 4) is 5.75 Å². The minimum atomic E-state index is -0.516. The lowest BCUT2D eigenvalue weighted by Crippen LogP contribution is -2.37. The van der Waals surface area contributed by atoms with Crippen LogP contribution in [0.1, 0.15) is 29.5 Å². The van der Waals surface area contributed by atoms with Gasteiger partial charge in [-0.1, -0.05) is 91.0 Å². The maximum Gasteiger partial charge on any atom is 0.259 e. The summed E-state index contributed by atoms with van der Waals surface area (Å²) in [5.41, 5.74) is 4.99. The fourth-order valence-corrected chi connectivity index (χ4v) is 3.95. The molecule has 0 bridgehead atoms. The fourth-order valence-electron chi connectivity index (χ4n) is 3.95. The van der Waals surface area contributed by atoms with E-state index >= 15 is 0 Å². The summed E-state index contributed by atoms with van der Waals surface area (Å²) in [7, 11) is 0. The van der Waals surface area contributed by atoms with Crippen LogP contribution in [0.15, 0.2) is 102 Å². The van der Waals surface area contributed by atoms with E-state index in [1.54, 1.807) is 6.21 Å². The molecule has 0 fully saturated rings. The first-order valence-electron chi connectivity index (χ1n) is 11.5. The third-order valence-electron chi connectivity index (χ3n) is 5.56. The molecule has 0 saturated heterocycles. The van der Waals surface area contributed by atoms with Gasteiger partial charge in [0.1, 0.15) is 5.75 Å². The molecule has 0 aliphatic carbocycles. The quantitative estimate of drug-likeness (QED) is 0.279. The summed E-state index contributed by atoms with van der Waals surface area (Å²) in [5.74, 6) is -0.508. The predicted molar refractivity (Wildman–Crippen MR) is 139 cm³/mol. The molecule has 0 atom stereocenters. The zero-order valence-corrected chi connectivity index (χ0v) is 19.5. The van der Waals surface area contributed by atoms with Crippen LogP contribution >= 0.6 is 0 Å². The van der Waals surface area contributed by atoms with Crippen molar-refractivity contribution in [1.82, 2.24) is 10.7 Å². The Morgan fingerprint density at radius 1 is 0.857 bits per heavy atom. The first-order valence-corrected chi connectivity index (χ1v) is 11.5. The Balaban J connectivity index is 1.43. The average molecular weight is 466 g/mol. The van der Waals surface area contributed by atoms with E-state index in [0.717, 1.165) is 27.5 Å². The molecule has 0 aromatic heterocycles. The highest BCUT2D eigenvalue weighted by Crippen LogP contribution is 2.27. The van der Waals surface area contributed by atoms with Crippen LogP contribution in [0.2, 0.25) is 0 Å². The van der Waals surface area contributed by atoms with E-state index in [0.29, 0.717) is 12.4 Å². The molecule has 0 unspecified atom stereocenters. The Morgan fingerprint density at radius 2 is 1.49 bits per heavy atom. The zero-order valence-electron chi connectivity index (χ0n) is 19.5. The molecule has 6 nitrogen and oxygen atoms in total. The number of hydrogen-bond donors (Lipinski definition) is 2. The summed E-state index contributed by atoms with van der Waals surface area (Å²) in [6.45, 7) is 2.24. The van der Waals surface area contributed by atoms with Gasteiger partial charge in [-0.2, -0.15) is 5.10 Å². The molecule has 176 valence electrons. The van der Waals surface area contributed by atoms with Crippen LogP contribution in [-0.4, -0.2) is 31.2 Å². The number of rotatable bonds is 9.